The fraction of sp³-hybridized carbons (Fsp3) is 0.462. The molecule has 100 valence electrons. The van der Waals surface area contributed by atoms with Crippen molar-refractivity contribution in [1.29, 1.82) is 0 Å². The van der Waals surface area contributed by atoms with E-state index < -0.39 is 17.5 Å². The molecule has 0 aliphatic rings. The van der Waals surface area contributed by atoms with Crippen LogP contribution in [0.2, 0.25) is 0 Å². The quantitative estimate of drug-likeness (QED) is 0.847. The van der Waals surface area contributed by atoms with Crippen LogP contribution in [0.15, 0.2) is 18.2 Å². The number of amides is 1. The molecule has 0 aliphatic carbocycles. The van der Waals surface area contributed by atoms with E-state index >= 15 is 0 Å². The second-order valence-corrected chi connectivity index (χ2v) is 4.76. The maximum absolute atomic E-state index is 12.9. The van der Waals surface area contributed by atoms with Gasteiger partial charge in [0.25, 0.3) is 5.91 Å². The van der Waals surface area contributed by atoms with E-state index in [9.17, 15) is 13.6 Å². The number of hydrogen-bond donors (Lipinski definition) is 2. The first-order chi connectivity index (χ1) is 8.38. The van der Waals surface area contributed by atoms with Crippen LogP contribution in [0.1, 0.15) is 30.6 Å². The molecular formula is C13H18F2N2O. The molecule has 0 bridgehead atoms. The van der Waals surface area contributed by atoms with Crippen LogP contribution >= 0.6 is 0 Å². The van der Waals surface area contributed by atoms with Crippen LogP contribution in [0, 0.1) is 17.6 Å². The van der Waals surface area contributed by atoms with E-state index in [2.05, 4.69) is 5.32 Å². The van der Waals surface area contributed by atoms with Gasteiger partial charge in [0.1, 0.15) is 11.6 Å². The number of halogens is 2. The van der Waals surface area contributed by atoms with Crippen molar-refractivity contribution in [3.05, 3.63) is 35.4 Å². The molecule has 0 aromatic heterocycles. The predicted octanol–water partition coefficient (Wildman–Crippen LogP) is 2.07. The summed E-state index contributed by atoms with van der Waals surface area (Å²) in [6.45, 7) is 4.35. The van der Waals surface area contributed by atoms with E-state index in [1.54, 1.807) is 0 Å². The van der Waals surface area contributed by atoms with Crippen molar-refractivity contribution in [2.24, 2.45) is 11.7 Å². The van der Waals surface area contributed by atoms with Crippen molar-refractivity contribution in [3.63, 3.8) is 0 Å². The zero-order chi connectivity index (χ0) is 13.7. The molecular weight excluding hydrogens is 238 g/mol. The highest BCUT2D eigenvalue weighted by Gasteiger charge is 2.11. The number of nitrogens with one attached hydrogen (secondary N) is 1. The molecule has 1 aromatic carbocycles. The Morgan fingerprint density at radius 3 is 2.33 bits per heavy atom. The highest BCUT2D eigenvalue weighted by atomic mass is 19.1. The molecule has 0 heterocycles. The van der Waals surface area contributed by atoms with Gasteiger partial charge in [0.05, 0.1) is 0 Å². The van der Waals surface area contributed by atoms with Gasteiger partial charge in [-0.25, -0.2) is 8.78 Å². The number of rotatable bonds is 5. The standard InChI is InChI=1S/C13H18F2N2O/c1-8(2)3-12(16)7-17-13(18)9-4-10(14)6-11(15)5-9/h4-6,8,12H,3,7,16H2,1-2H3,(H,17,18). The lowest BCUT2D eigenvalue weighted by atomic mass is 10.0. The van der Waals surface area contributed by atoms with Crippen LogP contribution in [-0.2, 0) is 0 Å². The van der Waals surface area contributed by atoms with Gasteiger partial charge in [0.2, 0.25) is 0 Å². The molecule has 1 aromatic rings. The molecule has 0 saturated heterocycles. The lowest BCUT2D eigenvalue weighted by Gasteiger charge is -2.14. The molecule has 0 aliphatic heterocycles. The second-order valence-electron chi connectivity index (χ2n) is 4.76. The topological polar surface area (TPSA) is 55.1 Å². The van der Waals surface area contributed by atoms with Gasteiger partial charge in [0, 0.05) is 24.2 Å². The summed E-state index contributed by atoms with van der Waals surface area (Å²) in [4.78, 5) is 11.6. The van der Waals surface area contributed by atoms with Gasteiger partial charge in [-0.05, 0) is 24.5 Å². The zero-order valence-corrected chi connectivity index (χ0v) is 10.5. The summed E-state index contributed by atoms with van der Waals surface area (Å²) in [5, 5.41) is 2.56. The average Bonchev–Trinajstić information content (AvgIpc) is 2.23. The molecule has 1 amide bonds. The summed E-state index contributed by atoms with van der Waals surface area (Å²) in [7, 11) is 0. The Bertz CT molecular complexity index is 401. The molecule has 3 nitrogen and oxygen atoms in total. The first-order valence-corrected chi connectivity index (χ1v) is 5.88. The first-order valence-electron chi connectivity index (χ1n) is 5.88. The zero-order valence-electron chi connectivity index (χ0n) is 10.5. The Labute approximate surface area is 105 Å². The highest BCUT2D eigenvalue weighted by Crippen LogP contribution is 2.08. The van der Waals surface area contributed by atoms with Gasteiger partial charge in [-0.3, -0.25) is 4.79 Å². The van der Waals surface area contributed by atoms with E-state index in [-0.39, 0.29) is 18.2 Å². The Morgan fingerprint density at radius 1 is 1.28 bits per heavy atom. The molecule has 18 heavy (non-hydrogen) atoms. The maximum atomic E-state index is 12.9. The van der Waals surface area contributed by atoms with Gasteiger partial charge in [-0.15, -0.1) is 0 Å². The van der Waals surface area contributed by atoms with E-state index in [1.807, 2.05) is 13.8 Å². The van der Waals surface area contributed by atoms with Crippen LogP contribution in [0.5, 0.6) is 0 Å². The molecule has 1 atom stereocenters. The first kappa shape index (κ1) is 14.6. The number of hydrogen-bond acceptors (Lipinski definition) is 2. The molecule has 3 N–H and O–H groups in total. The minimum Gasteiger partial charge on any atom is -0.350 e. The van der Waals surface area contributed by atoms with Crippen LogP contribution in [0.4, 0.5) is 8.78 Å². The molecule has 0 fully saturated rings. The molecule has 1 unspecified atom stereocenters. The van der Waals surface area contributed by atoms with E-state index in [0.717, 1.165) is 24.6 Å². The van der Waals surface area contributed by atoms with Crippen molar-refractivity contribution in [3.8, 4) is 0 Å². The third kappa shape index (κ3) is 4.79. The lowest BCUT2D eigenvalue weighted by Crippen LogP contribution is -2.38. The third-order valence-electron chi connectivity index (χ3n) is 2.42. The summed E-state index contributed by atoms with van der Waals surface area (Å²) in [6, 6.07) is 2.55. The predicted molar refractivity (Wildman–Crippen MR) is 66.1 cm³/mol. The maximum Gasteiger partial charge on any atom is 0.251 e. The Morgan fingerprint density at radius 2 is 1.83 bits per heavy atom. The second kappa shape index (κ2) is 6.44. The fourth-order valence-corrected chi connectivity index (χ4v) is 1.70. The largest absolute Gasteiger partial charge is 0.350 e. The third-order valence-corrected chi connectivity index (χ3v) is 2.42. The fourth-order valence-electron chi connectivity index (χ4n) is 1.70. The normalized spacial score (nSPS) is 12.6. The minimum absolute atomic E-state index is 0.0377. The van der Waals surface area contributed by atoms with Crippen molar-refractivity contribution >= 4 is 5.91 Å². The molecule has 1 rings (SSSR count). The summed E-state index contributed by atoms with van der Waals surface area (Å²) in [5.41, 5.74) is 5.76. The number of carbonyl (C=O) groups is 1. The summed E-state index contributed by atoms with van der Waals surface area (Å²) < 4.78 is 25.8. The molecule has 0 spiro atoms. The summed E-state index contributed by atoms with van der Waals surface area (Å²) in [6.07, 6.45) is 0.776. The van der Waals surface area contributed by atoms with Crippen LogP contribution < -0.4 is 11.1 Å². The lowest BCUT2D eigenvalue weighted by molar-refractivity contribution is 0.0949. The van der Waals surface area contributed by atoms with Crippen LogP contribution in [-0.4, -0.2) is 18.5 Å². The van der Waals surface area contributed by atoms with Crippen molar-refractivity contribution < 1.29 is 13.6 Å². The van der Waals surface area contributed by atoms with Gasteiger partial charge in [-0.2, -0.15) is 0 Å². The molecule has 0 saturated carbocycles. The average molecular weight is 256 g/mol. The van der Waals surface area contributed by atoms with Gasteiger partial charge in [-0.1, -0.05) is 13.8 Å². The van der Waals surface area contributed by atoms with Crippen molar-refractivity contribution in [2.45, 2.75) is 26.3 Å². The number of nitrogens with two attached hydrogens (primary N) is 1. The van der Waals surface area contributed by atoms with E-state index in [1.165, 1.54) is 0 Å². The van der Waals surface area contributed by atoms with E-state index in [4.69, 9.17) is 5.73 Å². The number of benzene rings is 1. The smallest absolute Gasteiger partial charge is 0.251 e. The molecule has 0 radical (unpaired) electrons. The summed E-state index contributed by atoms with van der Waals surface area (Å²) in [5.74, 6) is -1.63. The Hall–Kier alpha value is -1.49. The van der Waals surface area contributed by atoms with Crippen LogP contribution in [0.25, 0.3) is 0 Å². The monoisotopic (exact) mass is 256 g/mol. The molecule has 5 heteroatoms. The Kier molecular flexibility index (Phi) is 5.22. The SMILES string of the molecule is CC(C)CC(N)CNC(=O)c1cc(F)cc(F)c1. The minimum atomic E-state index is -0.772. The summed E-state index contributed by atoms with van der Waals surface area (Å²) >= 11 is 0. The highest BCUT2D eigenvalue weighted by molar-refractivity contribution is 5.94. The van der Waals surface area contributed by atoms with Crippen molar-refractivity contribution in [2.75, 3.05) is 6.54 Å². The van der Waals surface area contributed by atoms with Crippen molar-refractivity contribution in [1.82, 2.24) is 5.32 Å². The van der Waals surface area contributed by atoms with E-state index in [0.29, 0.717) is 5.92 Å². The Balaban J connectivity index is 2.55. The van der Waals surface area contributed by atoms with Crippen LogP contribution in [0.3, 0.4) is 0 Å². The van der Waals surface area contributed by atoms with Gasteiger partial charge >= 0.3 is 0 Å². The van der Waals surface area contributed by atoms with Gasteiger partial charge in [0.15, 0.2) is 0 Å². The van der Waals surface area contributed by atoms with Gasteiger partial charge < -0.3 is 11.1 Å². The number of carbonyl (C=O) groups excluding carboxylic acids is 1.